The van der Waals surface area contributed by atoms with E-state index in [0.717, 1.165) is 13.0 Å². The van der Waals surface area contributed by atoms with E-state index < -0.39 is 0 Å². The fourth-order valence-corrected chi connectivity index (χ4v) is 3.99. The van der Waals surface area contributed by atoms with Crippen LogP contribution in [0.2, 0.25) is 0 Å². The van der Waals surface area contributed by atoms with Gasteiger partial charge in [0.25, 0.3) is 0 Å². The highest BCUT2D eigenvalue weighted by Gasteiger charge is 2.24. The van der Waals surface area contributed by atoms with E-state index in [1.807, 2.05) is 11.3 Å². The Bertz CT molecular complexity index is 385. The Morgan fingerprint density at radius 2 is 2.18 bits per heavy atom. The molecule has 2 N–H and O–H groups in total. The van der Waals surface area contributed by atoms with Crippen LogP contribution in [0.15, 0.2) is 6.07 Å². The standard InChI is InChI=1S/C13H20N2OS/c14-9-11-10-8-13(15-5-2-1-3-6-15)17-12(10)4-7-16-11/h8,11H,1-7,9,14H2/t11-/m0/s1. The number of fused-ring (bicyclic) bond motifs is 1. The van der Waals surface area contributed by atoms with Crippen molar-refractivity contribution in [2.24, 2.45) is 5.73 Å². The molecule has 0 spiro atoms. The summed E-state index contributed by atoms with van der Waals surface area (Å²) in [7, 11) is 0. The van der Waals surface area contributed by atoms with E-state index in [0.29, 0.717) is 6.54 Å². The van der Waals surface area contributed by atoms with Gasteiger partial charge in [0.05, 0.1) is 17.7 Å². The molecule has 4 heteroatoms. The predicted molar refractivity (Wildman–Crippen MR) is 71.8 cm³/mol. The second kappa shape index (κ2) is 4.96. The van der Waals surface area contributed by atoms with Crippen molar-refractivity contribution in [3.63, 3.8) is 0 Å². The Labute approximate surface area is 107 Å². The molecule has 94 valence electrons. The fraction of sp³-hybridized carbons (Fsp3) is 0.692. The van der Waals surface area contributed by atoms with Crippen molar-refractivity contribution in [3.8, 4) is 0 Å². The van der Waals surface area contributed by atoms with Gasteiger partial charge in [-0.3, -0.25) is 0 Å². The summed E-state index contributed by atoms with van der Waals surface area (Å²) in [5, 5.41) is 1.43. The second-order valence-electron chi connectivity index (χ2n) is 4.86. The number of nitrogens with two attached hydrogens (primary N) is 1. The van der Waals surface area contributed by atoms with Crippen molar-refractivity contribution in [1.29, 1.82) is 0 Å². The third kappa shape index (κ3) is 2.21. The normalized spacial score (nSPS) is 24.8. The number of hydrogen-bond donors (Lipinski definition) is 1. The van der Waals surface area contributed by atoms with Crippen molar-refractivity contribution in [2.45, 2.75) is 31.8 Å². The first-order valence-electron chi connectivity index (χ1n) is 6.57. The lowest BCUT2D eigenvalue weighted by Gasteiger charge is -2.27. The van der Waals surface area contributed by atoms with Gasteiger partial charge in [-0.1, -0.05) is 0 Å². The van der Waals surface area contributed by atoms with Crippen molar-refractivity contribution in [2.75, 3.05) is 31.1 Å². The van der Waals surface area contributed by atoms with Crippen LogP contribution in [0, 0.1) is 0 Å². The van der Waals surface area contributed by atoms with Crippen LogP contribution in [0.4, 0.5) is 5.00 Å². The number of rotatable bonds is 2. The Balaban J connectivity index is 1.84. The maximum atomic E-state index is 5.77. The molecule has 3 nitrogen and oxygen atoms in total. The van der Waals surface area contributed by atoms with E-state index >= 15 is 0 Å². The van der Waals surface area contributed by atoms with Gasteiger partial charge in [-0.25, -0.2) is 0 Å². The number of nitrogens with zero attached hydrogens (tertiary/aromatic N) is 1. The lowest BCUT2D eigenvalue weighted by molar-refractivity contribution is 0.0498. The van der Waals surface area contributed by atoms with Crippen LogP contribution in [-0.4, -0.2) is 26.2 Å². The Morgan fingerprint density at radius 3 is 2.94 bits per heavy atom. The van der Waals surface area contributed by atoms with Gasteiger partial charge in [0, 0.05) is 30.9 Å². The Morgan fingerprint density at radius 1 is 1.35 bits per heavy atom. The molecule has 2 aliphatic heterocycles. The van der Waals surface area contributed by atoms with Gasteiger partial charge in [0.1, 0.15) is 0 Å². The van der Waals surface area contributed by atoms with Crippen LogP contribution in [0.3, 0.4) is 0 Å². The van der Waals surface area contributed by atoms with E-state index in [1.54, 1.807) is 0 Å². The zero-order valence-electron chi connectivity index (χ0n) is 10.2. The van der Waals surface area contributed by atoms with Gasteiger partial charge >= 0.3 is 0 Å². The summed E-state index contributed by atoms with van der Waals surface area (Å²) in [6.07, 6.45) is 5.24. The highest BCUT2D eigenvalue weighted by Crippen LogP contribution is 2.38. The van der Waals surface area contributed by atoms with Gasteiger partial charge in [0.15, 0.2) is 0 Å². The maximum Gasteiger partial charge on any atom is 0.0958 e. The van der Waals surface area contributed by atoms with Crippen LogP contribution in [0.25, 0.3) is 0 Å². The summed E-state index contributed by atoms with van der Waals surface area (Å²) in [5.74, 6) is 0. The second-order valence-corrected chi connectivity index (χ2v) is 5.97. The van der Waals surface area contributed by atoms with Gasteiger partial charge in [-0.2, -0.15) is 0 Å². The summed E-state index contributed by atoms with van der Waals surface area (Å²) in [6, 6.07) is 2.32. The highest BCUT2D eigenvalue weighted by molar-refractivity contribution is 7.16. The summed E-state index contributed by atoms with van der Waals surface area (Å²) in [4.78, 5) is 4.02. The third-order valence-corrected chi connectivity index (χ3v) is 4.98. The van der Waals surface area contributed by atoms with Gasteiger partial charge < -0.3 is 15.4 Å². The minimum Gasteiger partial charge on any atom is -0.372 e. The molecule has 3 rings (SSSR count). The third-order valence-electron chi connectivity index (χ3n) is 3.71. The van der Waals surface area contributed by atoms with E-state index in [-0.39, 0.29) is 6.10 Å². The lowest BCUT2D eigenvalue weighted by Crippen LogP contribution is -2.28. The Kier molecular flexibility index (Phi) is 3.36. The van der Waals surface area contributed by atoms with Gasteiger partial charge in [0.2, 0.25) is 0 Å². The number of ether oxygens (including phenoxy) is 1. The van der Waals surface area contributed by atoms with Crippen LogP contribution in [-0.2, 0) is 11.2 Å². The molecule has 1 aromatic rings. The molecular weight excluding hydrogens is 232 g/mol. The molecular formula is C13H20N2OS. The van der Waals surface area contributed by atoms with Crippen LogP contribution in [0.1, 0.15) is 35.8 Å². The first-order chi connectivity index (χ1) is 8.38. The van der Waals surface area contributed by atoms with E-state index in [9.17, 15) is 0 Å². The van der Waals surface area contributed by atoms with Crippen molar-refractivity contribution < 1.29 is 4.74 Å². The monoisotopic (exact) mass is 252 g/mol. The number of piperidine rings is 1. The largest absolute Gasteiger partial charge is 0.372 e. The topological polar surface area (TPSA) is 38.5 Å². The molecule has 1 saturated heterocycles. The molecule has 0 radical (unpaired) electrons. The molecule has 0 aromatic carbocycles. The number of thiophene rings is 1. The van der Waals surface area contributed by atoms with Crippen molar-refractivity contribution in [1.82, 2.24) is 0 Å². The van der Waals surface area contributed by atoms with Crippen LogP contribution in [0.5, 0.6) is 0 Å². The summed E-state index contributed by atoms with van der Waals surface area (Å²) in [5.41, 5.74) is 7.12. The molecule has 0 unspecified atom stereocenters. The van der Waals surface area contributed by atoms with Gasteiger partial charge in [-0.15, -0.1) is 11.3 Å². The number of hydrogen-bond acceptors (Lipinski definition) is 4. The molecule has 0 saturated carbocycles. The van der Waals surface area contributed by atoms with Crippen molar-refractivity contribution >= 4 is 16.3 Å². The minimum atomic E-state index is 0.133. The minimum absolute atomic E-state index is 0.133. The molecule has 1 aromatic heterocycles. The van der Waals surface area contributed by atoms with E-state index in [1.165, 1.54) is 47.8 Å². The molecule has 17 heavy (non-hydrogen) atoms. The predicted octanol–water partition coefficient (Wildman–Crippen LogP) is 2.31. The zero-order chi connectivity index (χ0) is 11.7. The molecule has 1 fully saturated rings. The SMILES string of the molecule is NC[C@@H]1OCCc2sc(N3CCCCC3)cc21. The van der Waals surface area contributed by atoms with Gasteiger partial charge in [-0.05, 0) is 30.9 Å². The Hall–Kier alpha value is -0.580. The average Bonchev–Trinajstić information content (AvgIpc) is 2.83. The average molecular weight is 252 g/mol. The fourth-order valence-electron chi connectivity index (χ4n) is 2.74. The first-order valence-corrected chi connectivity index (χ1v) is 7.39. The molecule has 3 heterocycles. The van der Waals surface area contributed by atoms with E-state index in [2.05, 4.69) is 11.0 Å². The smallest absolute Gasteiger partial charge is 0.0958 e. The van der Waals surface area contributed by atoms with Crippen molar-refractivity contribution in [3.05, 3.63) is 16.5 Å². The summed E-state index contributed by atoms with van der Waals surface area (Å²) >= 11 is 1.95. The van der Waals surface area contributed by atoms with Crippen LogP contribution >= 0.6 is 11.3 Å². The molecule has 2 aliphatic rings. The molecule has 0 amide bonds. The quantitative estimate of drug-likeness (QED) is 0.878. The van der Waals surface area contributed by atoms with E-state index in [4.69, 9.17) is 10.5 Å². The lowest BCUT2D eigenvalue weighted by atomic mass is 10.1. The summed E-state index contributed by atoms with van der Waals surface area (Å²) < 4.78 is 5.72. The summed E-state index contributed by atoms with van der Waals surface area (Å²) in [6.45, 7) is 3.86. The maximum absolute atomic E-state index is 5.77. The molecule has 0 bridgehead atoms. The number of anilines is 1. The molecule has 1 atom stereocenters. The highest BCUT2D eigenvalue weighted by atomic mass is 32.1. The molecule has 0 aliphatic carbocycles. The first kappa shape index (κ1) is 11.5. The van der Waals surface area contributed by atoms with Crippen LogP contribution < -0.4 is 10.6 Å². The zero-order valence-corrected chi connectivity index (χ0v) is 11.0.